The van der Waals surface area contributed by atoms with Crippen LogP contribution in [0.5, 0.6) is 0 Å². The number of nitrogens with zero attached hydrogens (tertiary/aromatic N) is 2. The van der Waals surface area contributed by atoms with Gasteiger partial charge in [0.15, 0.2) is 5.13 Å². The number of aromatic nitrogens is 1. The summed E-state index contributed by atoms with van der Waals surface area (Å²) >= 11 is 1.89. The van der Waals surface area contributed by atoms with Crippen LogP contribution in [0, 0.1) is 0 Å². The molecular weight excluding hydrogens is 278 g/mol. The van der Waals surface area contributed by atoms with Crippen molar-refractivity contribution in [3.63, 3.8) is 0 Å². The van der Waals surface area contributed by atoms with Crippen LogP contribution in [0.15, 0.2) is 0 Å². The Balaban J connectivity index is 2.20. The summed E-state index contributed by atoms with van der Waals surface area (Å²) in [7, 11) is 0. The highest BCUT2D eigenvalue weighted by atomic mass is 32.1. The van der Waals surface area contributed by atoms with Crippen molar-refractivity contribution in [2.75, 3.05) is 11.4 Å². The summed E-state index contributed by atoms with van der Waals surface area (Å²) in [4.78, 5) is 8.91. The summed E-state index contributed by atoms with van der Waals surface area (Å²) in [5.74, 6) is 0. The fourth-order valence-electron chi connectivity index (χ4n) is 2.86. The third kappa shape index (κ3) is 4.19. The Bertz CT molecular complexity index is 471. The quantitative estimate of drug-likeness (QED) is 0.876. The van der Waals surface area contributed by atoms with Crippen LogP contribution in [0.3, 0.4) is 0 Å². The van der Waals surface area contributed by atoms with E-state index in [1.807, 2.05) is 11.3 Å². The van der Waals surface area contributed by atoms with Crippen LogP contribution >= 0.6 is 11.3 Å². The Kier molecular flexibility index (Phi) is 4.99. The van der Waals surface area contributed by atoms with E-state index in [9.17, 15) is 0 Å². The molecular formula is C17H31N3S. The molecule has 120 valence electrons. The summed E-state index contributed by atoms with van der Waals surface area (Å²) in [6.45, 7) is 15.7. The summed E-state index contributed by atoms with van der Waals surface area (Å²) in [6.07, 6.45) is 4.80. The van der Waals surface area contributed by atoms with Gasteiger partial charge in [0, 0.05) is 29.0 Å². The van der Waals surface area contributed by atoms with Gasteiger partial charge in [-0.3, -0.25) is 0 Å². The van der Waals surface area contributed by atoms with Crippen molar-refractivity contribution >= 4 is 16.5 Å². The molecule has 2 heterocycles. The van der Waals surface area contributed by atoms with Gasteiger partial charge in [-0.1, -0.05) is 13.3 Å². The van der Waals surface area contributed by atoms with Gasteiger partial charge in [-0.25, -0.2) is 4.98 Å². The fraction of sp³-hybridized carbons (Fsp3) is 0.824. The average Bonchev–Trinajstić information content (AvgIpc) is 2.89. The summed E-state index contributed by atoms with van der Waals surface area (Å²) in [6, 6.07) is 0. The lowest BCUT2D eigenvalue weighted by Gasteiger charge is -2.31. The number of anilines is 1. The smallest absolute Gasteiger partial charge is 0.186 e. The molecule has 0 radical (unpaired) electrons. The Morgan fingerprint density at radius 1 is 1.33 bits per heavy atom. The minimum absolute atomic E-state index is 0.153. The van der Waals surface area contributed by atoms with Crippen LogP contribution in [-0.4, -0.2) is 22.6 Å². The number of aryl methyl sites for hydroxylation is 1. The van der Waals surface area contributed by atoms with Gasteiger partial charge in [-0.2, -0.15) is 0 Å². The summed E-state index contributed by atoms with van der Waals surface area (Å²) < 4.78 is 0. The Morgan fingerprint density at radius 3 is 2.57 bits per heavy atom. The van der Waals surface area contributed by atoms with Crippen LogP contribution in [0.25, 0.3) is 0 Å². The minimum atomic E-state index is 0.153. The first-order valence-electron chi connectivity index (χ1n) is 8.24. The fourth-order valence-corrected chi connectivity index (χ4v) is 4.10. The molecule has 0 saturated carbocycles. The van der Waals surface area contributed by atoms with Gasteiger partial charge in [0.05, 0.1) is 5.69 Å². The Hall–Kier alpha value is -0.610. The zero-order valence-corrected chi connectivity index (χ0v) is 15.4. The first kappa shape index (κ1) is 16.8. The molecule has 1 aliphatic rings. The van der Waals surface area contributed by atoms with E-state index in [2.05, 4.69) is 51.8 Å². The van der Waals surface area contributed by atoms with Gasteiger partial charge in [-0.15, -0.1) is 11.3 Å². The molecule has 1 N–H and O–H groups in total. The van der Waals surface area contributed by atoms with Gasteiger partial charge in [0.25, 0.3) is 0 Å². The zero-order valence-electron chi connectivity index (χ0n) is 14.5. The zero-order chi connectivity index (χ0) is 15.7. The van der Waals surface area contributed by atoms with Crippen molar-refractivity contribution in [3.05, 3.63) is 10.6 Å². The highest BCUT2D eigenvalue weighted by Crippen LogP contribution is 2.37. The highest BCUT2D eigenvalue weighted by Gasteiger charge is 2.34. The molecule has 21 heavy (non-hydrogen) atoms. The van der Waals surface area contributed by atoms with Crippen molar-refractivity contribution in [2.45, 2.75) is 84.8 Å². The standard InChI is InChI=1S/C17H31N3S/c1-7-9-13-14(12-18-16(2,3)4)21-15(19-13)20-11-8-10-17(20,5)6/h18H,7-12H2,1-6H3. The molecule has 1 aromatic heterocycles. The molecule has 0 amide bonds. The normalized spacial score (nSPS) is 18.5. The van der Waals surface area contributed by atoms with Crippen molar-refractivity contribution in [1.82, 2.24) is 10.3 Å². The van der Waals surface area contributed by atoms with Crippen molar-refractivity contribution < 1.29 is 0 Å². The molecule has 0 spiro atoms. The molecule has 0 atom stereocenters. The first-order chi connectivity index (χ1) is 9.73. The van der Waals surface area contributed by atoms with E-state index in [4.69, 9.17) is 4.98 Å². The molecule has 1 aromatic rings. The highest BCUT2D eigenvalue weighted by molar-refractivity contribution is 7.15. The van der Waals surface area contributed by atoms with E-state index in [0.29, 0.717) is 0 Å². The number of thiazole rings is 1. The number of rotatable bonds is 5. The minimum Gasteiger partial charge on any atom is -0.343 e. The third-order valence-electron chi connectivity index (χ3n) is 4.16. The summed E-state index contributed by atoms with van der Waals surface area (Å²) in [5, 5.41) is 4.84. The SMILES string of the molecule is CCCc1nc(N2CCCC2(C)C)sc1CNC(C)(C)C. The molecule has 1 aliphatic heterocycles. The molecule has 0 aromatic carbocycles. The Morgan fingerprint density at radius 2 is 2.05 bits per heavy atom. The van der Waals surface area contributed by atoms with Crippen LogP contribution in [0.2, 0.25) is 0 Å². The van der Waals surface area contributed by atoms with Crippen LogP contribution < -0.4 is 10.2 Å². The monoisotopic (exact) mass is 309 g/mol. The van der Waals surface area contributed by atoms with E-state index in [1.54, 1.807) is 0 Å². The van der Waals surface area contributed by atoms with Gasteiger partial charge in [0.1, 0.15) is 0 Å². The topological polar surface area (TPSA) is 28.2 Å². The lowest BCUT2D eigenvalue weighted by Crippen LogP contribution is -2.38. The maximum Gasteiger partial charge on any atom is 0.186 e. The second-order valence-electron chi connectivity index (χ2n) is 7.79. The third-order valence-corrected chi connectivity index (χ3v) is 5.29. The molecule has 2 rings (SSSR count). The predicted molar refractivity (Wildman–Crippen MR) is 93.4 cm³/mol. The average molecular weight is 310 g/mol. The van der Waals surface area contributed by atoms with E-state index >= 15 is 0 Å². The first-order valence-corrected chi connectivity index (χ1v) is 9.06. The molecule has 0 aliphatic carbocycles. The van der Waals surface area contributed by atoms with Gasteiger partial charge < -0.3 is 10.2 Å². The van der Waals surface area contributed by atoms with Crippen LogP contribution in [0.1, 0.15) is 71.4 Å². The lowest BCUT2D eigenvalue weighted by molar-refractivity contribution is 0.425. The Labute approximate surface area is 134 Å². The van der Waals surface area contributed by atoms with E-state index in [-0.39, 0.29) is 11.1 Å². The predicted octanol–water partition coefficient (Wildman–Crippen LogP) is 4.36. The van der Waals surface area contributed by atoms with Gasteiger partial charge >= 0.3 is 0 Å². The molecule has 1 saturated heterocycles. The second-order valence-corrected chi connectivity index (χ2v) is 8.85. The second kappa shape index (κ2) is 6.25. The van der Waals surface area contributed by atoms with Gasteiger partial charge in [-0.05, 0) is 53.9 Å². The van der Waals surface area contributed by atoms with E-state index < -0.39 is 0 Å². The molecule has 3 nitrogen and oxygen atoms in total. The maximum absolute atomic E-state index is 4.98. The van der Waals surface area contributed by atoms with Crippen molar-refractivity contribution in [1.29, 1.82) is 0 Å². The number of hydrogen-bond donors (Lipinski definition) is 1. The van der Waals surface area contributed by atoms with Crippen LogP contribution in [-0.2, 0) is 13.0 Å². The largest absolute Gasteiger partial charge is 0.343 e. The van der Waals surface area contributed by atoms with E-state index in [0.717, 1.165) is 25.9 Å². The maximum atomic E-state index is 4.98. The summed E-state index contributed by atoms with van der Waals surface area (Å²) in [5.41, 5.74) is 1.72. The van der Waals surface area contributed by atoms with Crippen molar-refractivity contribution in [3.8, 4) is 0 Å². The molecule has 1 fully saturated rings. The van der Waals surface area contributed by atoms with Gasteiger partial charge in [0.2, 0.25) is 0 Å². The number of nitrogens with one attached hydrogen (secondary N) is 1. The molecule has 0 unspecified atom stereocenters. The van der Waals surface area contributed by atoms with E-state index in [1.165, 1.54) is 28.5 Å². The molecule has 0 bridgehead atoms. The number of hydrogen-bond acceptors (Lipinski definition) is 4. The molecule has 4 heteroatoms. The van der Waals surface area contributed by atoms with Crippen molar-refractivity contribution in [2.24, 2.45) is 0 Å². The lowest BCUT2D eigenvalue weighted by atomic mass is 10.0. The van der Waals surface area contributed by atoms with Crippen LogP contribution in [0.4, 0.5) is 5.13 Å².